The number of thiocarbonyl (C=S) groups is 1. The van der Waals surface area contributed by atoms with Crippen LogP contribution in [0.1, 0.15) is 17.7 Å². The summed E-state index contributed by atoms with van der Waals surface area (Å²) in [5.74, 6) is 0.474. The summed E-state index contributed by atoms with van der Waals surface area (Å²) in [5, 5.41) is 0. The molecule has 21 heavy (non-hydrogen) atoms. The lowest BCUT2D eigenvalue weighted by Gasteiger charge is -2.21. The first-order valence-corrected chi connectivity index (χ1v) is 6.85. The normalized spacial score (nSPS) is 19.0. The average molecular weight is 319 g/mol. The monoisotopic (exact) mass is 319 g/mol. The Balaban J connectivity index is 2.34. The molecule has 1 aliphatic rings. The van der Waals surface area contributed by atoms with E-state index in [2.05, 4.69) is 4.98 Å². The summed E-state index contributed by atoms with van der Waals surface area (Å²) in [6.45, 7) is 1.76. The summed E-state index contributed by atoms with van der Waals surface area (Å²) in [6.07, 6.45) is -3.66. The number of ether oxygens (including phenoxy) is 1. The molecule has 116 valence electrons. The third-order valence-electron chi connectivity index (χ3n) is 3.42. The Morgan fingerprint density at radius 1 is 1.52 bits per heavy atom. The highest BCUT2D eigenvalue weighted by molar-refractivity contribution is 7.80. The van der Waals surface area contributed by atoms with E-state index < -0.39 is 11.9 Å². The van der Waals surface area contributed by atoms with Gasteiger partial charge in [0, 0.05) is 26.1 Å². The number of nitrogens with two attached hydrogens (primary N) is 1. The number of halogens is 3. The Bertz CT molecular complexity index is 536. The fraction of sp³-hybridized carbons (Fsp3) is 0.538. The molecule has 4 nitrogen and oxygen atoms in total. The van der Waals surface area contributed by atoms with Crippen molar-refractivity contribution < 1.29 is 17.9 Å². The third-order valence-corrected chi connectivity index (χ3v) is 3.64. The lowest BCUT2D eigenvalue weighted by molar-refractivity contribution is -0.141. The Labute approximate surface area is 126 Å². The topological polar surface area (TPSA) is 51.4 Å². The van der Waals surface area contributed by atoms with E-state index in [1.807, 2.05) is 0 Å². The van der Waals surface area contributed by atoms with Gasteiger partial charge < -0.3 is 15.4 Å². The molecular formula is C13H16F3N3OS. The van der Waals surface area contributed by atoms with Crippen LogP contribution in [0, 0.1) is 5.92 Å². The van der Waals surface area contributed by atoms with Crippen LogP contribution in [0.25, 0.3) is 0 Å². The van der Waals surface area contributed by atoms with Gasteiger partial charge in [-0.15, -0.1) is 0 Å². The van der Waals surface area contributed by atoms with Crippen molar-refractivity contribution in [2.24, 2.45) is 11.7 Å². The number of hydrogen-bond acceptors (Lipinski definition) is 4. The van der Waals surface area contributed by atoms with E-state index in [9.17, 15) is 13.2 Å². The molecule has 1 unspecified atom stereocenters. The lowest BCUT2D eigenvalue weighted by atomic mass is 10.1. The van der Waals surface area contributed by atoms with E-state index in [-0.39, 0.29) is 16.7 Å². The molecule has 0 amide bonds. The average Bonchev–Trinajstić information content (AvgIpc) is 2.86. The highest BCUT2D eigenvalue weighted by atomic mass is 32.1. The van der Waals surface area contributed by atoms with Crippen LogP contribution in [0.4, 0.5) is 19.0 Å². The number of pyridine rings is 1. The fourth-order valence-electron chi connectivity index (χ4n) is 2.44. The summed E-state index contributed by atoms with van der Waals surface area (Å²) in [7, 11) is 1.60. The predicted octanol–water partition coefficient (Wildman–Crippen LogP) is 2.21. The molecular weight excluding hydrogens is 303 g/mol. The molecule has 1 aliphatic heterocycles. The van der Waals surface area contributed by atoms with Gasteiger partial charge in [-0.05, 0) is 18.6 Å². The van der Waals surface area contributed by atoms with Gasteiger partial charge in [0.1, 0.15) is 16.5 Å². The van der Waals surface area contributed by atoms with Crippen LogP contribution < -0.4 is 10.6 Å². The summed E-state index contributed by atoms with van der Waals surface area (Å²) in [4.78, 5) is 5.56. The standard InChI is InChI=1S/C13H16F3N3OS/c1-20-7-8-4-5-19(6-8)12-9(11(17)21)2-3-10(18-12)13(14,15)16/h2-3,8H,4-7H2,1H3,(H2,17,21). The van der Waals surface area contributed by atoms with Crippen LogP contribution >= 0.6 is 12.2 Å². The van der Waals surface area contributed by atoms with Crippen molar-refractivity contribution in [2.45, 2.75) is 12.6 Å². The molecule has 0 bridgehead atoms. The Hall–Kier alpha value is -1.41. The molecule has 2 heterocycles. The molecule has 1 atom stereocenters. The van der Waals surface area contributed by atoms with Crippen molar-refractivity contribution in [3.8, 4) is 0 Å². The van der Waals surface area contributed by atoms with Gasteiger partial charge in [-0.3, -0.25) is 0 Å². The first-order chi connectivity index (χ1) is 9.82. The Kier molecular flexibility index (Phi) is 4.67. The largest absolute Gasteiger partial charge is 0.433 e. The molecule has 1 saturated heterocycles. The molecule has 0 aromatic carbocycles. The van der Waals surface area contributed by atoms with Crippen molar-refractivity contribution in [3.63, 3.8) is 0 Å². The molecule has 0 spiro atoms. The van der Waals surface area contributed by atoms with Crippen molar-refractivity contribution in [1.82, 2.24) is 4.98 Å². The fourth-order valence-corrected chi connectivity index (χ4v) is 2.60. The van der Waals surface area contributed by atoms with E-state index in [1.165, 1.54) is 6.07 Å². The molecule has 1 aromatic rings. The van der Waals surface area contributed by atoms with Gasteiger partial charge in [-0.1, -0.05) is 12.2 Å². The second-order valence-corrected chi connectivity index (χ2v) is 5.43. The summed E-state index contributed by atoms with van der Waals surface area (Å²) < 4.78 is 43.5. The van der Waals surface area contributed by atoms with Gasteiger partial charge in [0.2, 0.25) is 0 Å². The van der Waals surface area contributed by atoms with Gasteiger partial charge in [0.25, 0.3) is 0 Å². The first kappa shape index (κ1) is 16.0. The number of nitrogens with zero attached hydrogens (tertiary/aromatic N) is 2. The second kappa shape index (κ2) is 6.15. The quantitative estimate of drug-likeness (QED) is 0.862. The zero-order valence-corrected chi connectivity index (χ0v) is 12.3. The predicted molar refractivity (Wildman–Crippen MR) is 77.3 cm³/mol. The van der Waals surface area contributed by atoms with E-state index >= 15 is 0 Å². The van der Waals surface area contributed by atoms with E-state index in [4.69, 9.17) is 22.7 Å². The smallest absolute Gasteiger partial charge is 0.389 e. The van der Waals surface area contributed by atoms with Gasteiger partial charge in [0.15, 0.2) is 0 Å². The van der Waals surface area contributed by atoms with Crippen LogP contribution in [-0.2, 0) is 10.9 Å². The minimum Gasteiger partial charge on any atom is -0.389 e. The molecule has 0 saturated carbocycles. The maximum Gasteiger partial charge on any atom is 0.433 e. The van der Waals surface area contributed by atoms with Gasteiger partial charge in [-0.25, -0.2) is 4.98 Å². The molecule has 1 fully saturated rings. The molecule has 2 rings (SSSR count). The van der Waals surface area contributed by atoms with Gasteiger partial charge in [-0.2, -0.15) is 13.2 Å². The van der Waals surface area contributed by atoms with E-state index in [0.29, 0.717) is 25.3 Å². The van der Waals surface area contributed by atoms with Crippen LogP contribution in [0.5, 0.6) is 0 Å². The number of methoxy groups -OCH3 is 1. The van der Waals surface area contributed by atoms with Crippen molar-refractivity contribution >= 4 is 23.0 Å². The first-order valence-electron chi connectivity index (χ1n) is 6.45. The van der Waals surface area contributed by atoms with Crippen molar-refractivity contribution in [1.29, 1.82) is 0 Å². The number of rotatable bonds is 4. The van der Waals surface area contributed by atoms with Crippen LogP contribution in [0.3, 0.4) is 0 Å². The minimum atomic E-state index is -4.49. The van der Waals surface area contributed by atoms with Crippen LogP contribution in [-0.4, -0.2) is 36.8 Å². The molecule has 1 aromatic heterocycles. The zero-order valence-electron chi connectivity index (χ0n) is 11.5. The molecule has 0 radical (unpaired) electrons. The number of alkyl halides is 3. The number of hydrogen-bond donors (Lipinski definition) is 1. The molecule has 0 aliphatic carbocycles. The van der Waals surface area contributed by atoms with Gasteiger partial charge >= 0.3 is 6.18 Å². The van der Waals surface area contributed by atoms with Gasteiger partial charge in [0.05, 0.1) is 12.2 Å². The Morgan fingerprint density at radius 3 is 2.81 bits per heavy atom. The summed E-state index contributed by atoms with van der Waals surface area (Å²) >= 11 is 4.91. The van der Waals surface area contributed by atoms with E-state index in [1.54, 1.807) is 12.0 Å². The van der Waals surface area contributed by atoms with Crippen LogP contribution in [0.15, 0.2) is 12.1 Å². The van der Waals surface area contributed by atoms with Crippen molar-refractivity contribution in [2.75, 3.05) is 31.7 Å². The number of aromatic nitrogens is 1. The lowest BCUT2D eigenvalue weighted by Crippen LogP contribution is -2.27. The molecule has 2 N–H and O–H groups in total. The summed E-state index contributed by atoms with van der Waals surface area (Å²) in [5.41, 5.74) is 5.03. The highest BCUT2D eigenvalue weighted by Crippen LogP contribution is 2.32. The molecule has 8 heteroatoms. The minimum absolute atomic E-state index is 0.0430. The maximum atomic E-state index is 12.8. The zero-order chi connectivity index (χ0) is 15.6. The third kappa shape index (κ3) is 3.62. The van der Waals surface area contributed by atoms with E-state index in [0.717, 1.165) is 12.5 Å². The highest BCUT2D eigenvalue weighted by Gasteiger charge is 2.34. The van der Waals surface area contributed by atoms with Crippen LogP contribution in [0.2, 0.25) is 0 Å². The Morgan fingerprint density at radius 2 is 2.24 bits per heavy atom. The summed E-state index contributed by atoms with van der Waals surface area (Å²) in [6, 6.07) is 2.19. The van der Waals surface area contributed by atoms with Crippen molar-refractivity contribution in [3.05, 3.63) is 23.4 Å². The number of anilines is 1. The second-order valence-electron chi connectivity index (χ2n) is 4.99. The SMILES string of the molecule is COCC1CCN(c2nc(C(F)(F)F)ccc2C(N)=S)C1. The maximum absolute atomic E-state index is 12.8.